The first-order valence-electron chi connectivity index (χ1n) is 9.60. The lowest BCUT2D eigenvalue weighted by Gasteiger charge is -2.19. The minimum atomic E-state index is -4.79. The highest BCUT2D eigenvalue weighted by Gasteiger charge is 2.31. The molecule has 0 aliphatic rings. The van der Waals surface area contributed by atoms with Crippen molar-refractivity contribution in [2.24, 2.45) is 0 Å². The van der Waals surface area contributed by atoms with Gasteiger partial charge in [-0.05, 0) is 42.0 Å². The molecule has 0 radical (unpaired) electrons. The molecule has 0 aromatic heterocycles. The summed E-state index contributed by atoms with van der Waals surface area (Å²) >= 11 is 0. The van der Waals surface area contributed by atoms with Crippen molar-refractivity contribution in [2.75, 3.05) is 17.2 Å². The second kappa shape index (κ2) is 10.5. The SMILES string of the molecule is O=C(CNC(C(=O)Nc1ccccc1)c1ccccc1)Nc1ccc(OC(F)(F)F)cc1. The summed E-state index contributed by atoms with van der Waals surface area (Å²) in [5, 5.41) is 8.28. The summed E-state index contributed by atoms with van der Waals surface area (Å²) in [6.45, 7) is -0.206. The molecule has 166 valence electrons. The van der Waals surface area contributed by atoms with E-state index in [0.29, 0.717) is 11.3 Å². The molecule has 3 N–H and O–H groups in total. The highest BCUT2D eigenvalue weighted by atomic mass is 19.4. The maximum absolute atomic E-state index is 12.8. The molecule has 1 atom stereocenters. The zero-order valence-electron chi connectivity index (χ0n) is 16.7. The first-order chi connectivity index (χ1) is 15.3. The number of hydrogen-bond donors (Lipinski definition) is 3. The van der Waals surface area contributed by atoms with Gasteiger partial charge < -0.3 is 15.4 Å². The number of carbonyl (C=O) groups excluding carboxylic acids is 2. The van der Waals surface area contributed by atoms with E-state index in [1.54, 1.807) is 48.5 Å². The van der Waals surface area contributed by atoms with Gasteiger partial charge in [0.25, 0.3) is 0 Å². The normalized spacial score (nSPS) is 12.0. The van der Waals surface area contributed by atoms with E-state index >= 15 is 0 Å². The van der Waals surface area contributed by atoms with Gasteiger partial charge in [0.15, 0.2) is 0 Å². The fourth-order valence-corrected chi connectivity index (χ4v) is 2.88. The van der Waals surface area contributed by atoms with Crippen LogP contribution in [0.5, 0.6) is 5.75 Å². The van der Waals surface area contributed by atoms with Crippen molar-refractivity contribution in [1.82, 2.24) is 5.32 Å². The lowest BCUT2D eigenvalue weighted by molar-refractivity contribution is -0.274. The number of hydrogen-bond acceptors (Lipinski definition) is 4. The number of amides is 2. The van der Waals surface area contributed by atoms with E-state index in [1.165, 1.54) is 12.1 Å². The Morgan fingerprint density at radius 2 is 1.34 bits per heavy atom. The molecule has 0 heterocycles. The van der Waals surface area contributed by atoms with Crippen molar-refractivity contribution in [2.45, 2.75) is 12.4 Å². The van der Waals surface area contributed by atoms with Crippen LogP contribution in [0.1, 0.15) is 11.6 Å². The molecule has 3 aromatic rings. The van der Waals surface area contributed by atoms with E-state index in [2.05, 4.69) is 20.7 Å². The van der Waals surface area contributed by atoms with Crippen molar-refractivity contribution in [1.29, 1.82) is 0 Å². The highest BCUT2D eigenvalue weighted by Crippen LogP contribution is 2.24. The molecule has 3 aromatic carbocycles. The molecule has 0 spiro atoms. The van der Waals surface area contributed by atoms with Crippen LogP contribution >= 0.6 is 0 Å². The molecule has 2 amide bonds. The number of benzene rings is 3. The van der Waals surface area contributed by atoms with Crippen LogP contribution in [-0.2, 0) is 9.59 Å². The second-order valence-corrected chi connectivity index (χ2v) is 6.70. The molecular formula is C23H20F3N3O3. The van der Waals surface area contributed by atoms with E-state index in [-0.39, 0.29) is 18.1 Å². The Morgan fingerprint density at radius 1 is 0.781 bits per heavy atom. The third-order valence-electron chi connectivity index (χ3n) is 4.27. The average molecular weight is 443 g/mol. The average Bonchev–Trinajstić information content (AvgIpc) is 2.76. The minimum absolute atomic E-state index is 0.206. The number of para-hydroxylation sites is 1. The number of ether oxygens (including phenoxy) is 1. The molecule has 9 heteroatoms. The fraction of sp³-hybridized carbons (Fsp3) is 0.130. The Balaban J connectivity index is 1.61. The van der Waals surface area contributed by atoms with Crippen molar-refractivity contribution >= 4 is 23.2 Å². The summed E-state index contributed by atoms with van der Waals surface area (Å²) in [5.74, 6) is -1.21. The number of nitrogens with one attached hydrogen (secondary N) is 3. The van der Waals surface area contributed by atoms with Gasteiger partial charge >= 0.3 is 6.36 Å². The van der Waals surface area contributed by atoms with Crippen LogP contribution in [0.2, 0.25) is 0 Å². The largest absolute Gasteiger partial charge is 0.573 e. The predicted molar refractivity (Wildman–Crippen MR) is 114 cm³/mol. The third kappa shape index (κ3) is 7.13. The molecule has 0 aliphatic carbocycles. The number of halogens is 3. The molecule has 0 bridgehead atoms. The van der Waals surface area contributed by atoms with Crippen molar-refractivity contribution in [3.63, 3.8) is 0 Å². The van der Waals surface area contributed by atoms with Gasteiger partial charge in [-0.15, -0.1) is 13.2 Å². The van der Waals surface area contributed by atoms with Crippen LogP contribution in [-0.4, -0.2) is 24.7 Å². The first-order valence-corrected chi connectivity index (χ1v) is 9.60. The number of carbonyl (C=O) groups is 2. The predicted octanol–water partition coefficient (Wildman–Crippen LogP) is 4.49. The summed E-state index contributed by atoms with van der Waals surface area (Å²) in [6, 6.07) is 21.8. The lowest BCUT2D eigenvalue weighted by Crippen LogP contribution is -2.37. The van der Waals surface area contributed by atoms with Gasteiger partial charge in [0.05, 0.1) is 6.54 Å². The topological polar surface area (TPSA) is 79.5 Å². The smallest absolute Gasteiger partial charge is 0.406 e. The maximum atomic E-state index is 12.8. The van der Waals surface area contributed by atoms with Gasteiger partial charge in [-0.3, -0.25) is 14.9 Å². The molecular weight excluding hydrogens is 423 g/mol. The quantitative estimate of drug-likeness (QED) is 0.479. The summed E-state index contributed by atoms with van der Waals surface area (Å²) in [5.41, 5.74) is 1.57. The van der Waals surface area contributed by atoms with E-state index in [9.17, 15) is 22.8 Å². The Hall–Kier alpha value is -3.85. The number of alkyl halides is 3. The zero-order valence-corrected chi connectivity index (χ0v) is 16.7. The van der Waals surface area contributed by atoms with Gasteiger partial charge in [-0.1, -0.05) is 48.5 Å². The number of rotatable bonds is 8. The minimum Gasteiger partial charge on any atom is -0.406 e. The van der Waals surface area contributed by atoms with Crippen LogP contribution in [0.4, 0.5) is 24.5 Å². The lowest BCUT2D eigenvalue weighted by atomic mass is 10.1. The Labute approximate surface area is 182 Å². The molecule has 0 aliphatic heterocycles. The van der Waals surface area contributed by atoms with Gasteiger partial charge in [0.2, 0.25) is 11.8 Å². The standard InChI is InChI=1S/C23H20F3N3O3/c24-23(25,26)32-19-13-11-18(12-14-19)28-20(30)15-27-21(16-7-3-1-4-8-16)22(31)29-17-9-5-2-6-10-17/h1-14,21,27H,15H2,(H,28,30)(H,29,31). The zero-order chi connectivity index (χ0) is 23.0. The van der Waals surface area contributed by atoms with E-state index in [1.807, 2.05) is 12.1 Å². The van der Waals surface area contributed by atoms with E-state index in [0.717, 1.165) is 12.1 Å². The Kier molecular flexibility index (Phi) is 7.45. The summed E-state index contributed by atoms with van der Waals surface area (Å²) in [7, 11) is 0. The van der Waals surface area contributed by atoms with E-state index < -0.39 is 24.1 Å². The molecule has 3 rings (SSSR count). The van der Waals surface area contributed by atoms with Gasteiger partial charge in [-0.2, -0.15) is 0 Å². The fourth-order valence-electron chi connectivity index (χ4n) is 2.88. The summed E-state index contributed by atoms with van der Waals surface area (Å²) < 4.78 is 40.5. The Bertz CT molecular complexity index is 1030. The monoisotopic (exact) mass is 443 g/mol. The maximum Gasteiger partial charge on any atom is 0.573 e. The molecule has 32 heavy (non-hydrogen) atoms. The second-order valence-electron chi connectivity index (χ2n) is 6.70. The van der Waals surface area contributed by atoms with E-state index in [4.69, 9.17) is 0 Å². The van der Waals surface area contributed by atoms with Gasteiger partial charge in [-0.25, -0.2) is 0 Å². The van der Waals surface area contributed by atoms with Gasteiger partial charge in [0, 0.05) is 11.4 Å². The third-order valence-corrected chi connectivity index (χ3v) is 4.27. The molecule has 0 saturated heterocycles. The van der Waals surface area contributed by atoms with Crippen LogP contribution in [0, 0.1) is 0 Å². The summed E-state index contributed by atoms with van der Waals surface area (Å²) in [4.78, 5) is 25.2. The molecule has 0 fully saturated rings. The van der Waals surface area contributed by atoms with Crippen molar-refractivity contribution < 1.29 is 27.5 Å². The van der Waals surface area contributed by atoms with Crippen LogP contribution < -0.4 is 20.7 Å². The van der Waals surface area contributed by atoms with Crippen molar-refractivity contribution in [3.8, 4) is 5.75 Å². The van der Waals surface area contributed by atoms with Crippen molar-refractivity contribution in [3.05, 3.63) is 90.5 Å². The van der Waals surface area contributed by atoms with Gasteiger partial charge in [0.1, 0.15) is 11.8 Å². The summed E-state index contributed by atoms with van der Waals surface area (Å²) in [6.07, 6.45) is -4.79. The first kappa shape index (κ1) is 22.8. The van der Waals surface area contributed by atoms with Crippen LogP contribution in [0.25, 0.3) is 0 Å². The highest BCUT2D eigenvalue weighted by molar-refractivity contribution is 5.97. The number of anilines is 2. The van der Waals surface area contributed by atoms with Crippen LogP contribution in [0.15, 0.2) is 84.9 Å². The Morgan fingerprint density at radius 3 is 1.94 bits per heavy atom. The molecule has 0 saturated carbocycles. The molecule has 6 nitrogen and oxygen atoms in total. The van der Waals surface area contributed by atoms with Crippen LogP contribution in [0.3, 0.4) is 0 Å². The molecule has 1 unspecified atom stereocenters.